The van der Waals surface area contributed by atoms with E-state index in [9.17, 15) is 9.59 Å². The lowest BCUT2D eigenvalue weighted by Crippen LogP contribution is -2.43. The van der Waals surface area contributed by atoms with Gasteiger partial charge in [0.1, 0.15) is 6.04 Å². The summed E-state index contributed by atoms with van der Waals surface area (Å²) in [6.07, 6.45) is 0.370. The fourth-order valence-corrected chi connectivity index (χ4v) is 3.72. The molecule has 0 aromatic heterocycles. The Hall–Kier alpha value is -1.66. The second-order valence-corrected chi connectivity index (χ2v) is 7.66. The number of hydrogen-bond donors (Lipinski definition) is 1. The van der Waals surface area contributed by atoms with Crippen LogP contribution < -0.4 is 5.32 Å². The Bertz CT molecular complexity index is 785. The second kappa shape index (κ2) is 8.63. The van der Waals surface area contributed by atoms with E-state index in [0.717, 1.165) is 20.1 Å². The number of carbonyl (C=O) groups excluding carboxylic acids is 2. The molecule has 6 heteroatoms. The summed E-state index contributed by atoms with van der Waals surface area (Å²) in [6.45, 7) is 4.05. The molecule has 0 bridgehead atoms. The highest BCUT2D eigenvalue weighted by Gasteiger charge is 2.23. The zero-order valence-corrected chi connectivity index (χ0v) is 17.4. The Labute approximate surface area is 164 Å². The van der Waals surface area contributed by atoms with Crippen molar-refractivity contribution < 1.29 is 14.3 Å². The van der Waals surface area contributed by atoms with Crippen LogP contribution >= 0.6 is 31.9 Å². The summed E-state index contributed by atoms with van der Waals surface area (Å²) in [4.78, 5) is 24.6. The molecule has 2 aromatic rings. The van der Waals surface area contributed by atoms with E-state index in [2.05, 4.69) is 37.2 Å². The third kappa shape index (κ3) is 5.41. The van der Waals surface area contributed by atoms with Gasteiger partial charge in [-0.25, -0.2) is 4.79 Å². The average Bonchev–Trinajstić information content (AvgIpc) is 2.55. The molecule has 0 unspecified atom stereocenters. The summed E-state index contributed by atoms with van der Waals surface area (Å²) < 4.78 is 6.40. The zero-order valence-electron chi connectivity index (χ0n) is 14.2. The minimum Gasteiger partial charge on any atom is -0.467 e. The van der Waals surface area contributed by atoms with Crippen LogP contribution in [0.1, 0.15) is 27.0 Å². The molecule has 25 heavy (non-hydrogen) atoms. The van der Waals surface area contributed by atoms with Crippen molar-refractivity contribution >= 4 is 43.7 Å². The Kier molecular flexibility index (Phi) is 6.79. The summed E-state index contributed by atoms with van der Waals surface area (Å²) in [5.74, 6) is -0.804. The van der Waals surface area contributed by atoms with E-state index in [4.69, 9.17) is 4.74 Å². The number of aryl methyl sites for hydroxylation is 2. The fraction of sp³-hybridized carbons (Fsp3) is 0.263. The van der Waals surface area contributed by atoms with Crippen molar-refractivity contribution in [2.24, 2.45) is 0 Å². The molecular formula is C19H19Br2NO3. The molecule has 1 atom stereocenters. The molecule has 0 aliphatic heterocycles. The van der Waals surface area contributed by atoms with Crippen LogP contribution in [0.3, 0.4) is 0 Å². The number of methoxy groups -OCH3 is 1. The molecule has 2 rings (SSSR count). The largest absolute Gasteiger partial charge is 0.467 e. The van der Waals surface area contributed by atoms with Crippen molar-refractivity contribution in [2.75, 3.05) is 7.11 Å². The van der Waals surface area contributed by atoms with Gasteiger partial charge in [-0.2, -0.15) is 0 Å². The summed E-state index contributed by atoms with van der Waals surface area (Å²) in [7, 11) is 1.32. The van der Waals surface area contributed by atoms with E-state index < -0.39 is 12.0 Å². The van der Waals surface area contributed by atoms with Crippen LogP contribution in [0.5, 0.6) is 0 Å². The SMILES string of the molecule is COC(=O)[C@H](Cc1ccc(C)c(C)c1)NC(=O)c1cc(Br)cc(Br)c1. The van der Waals surface area contributed by atoms with Gasteiger partial charge in [0.2, 0.25) is 0 Å². The first-order chi connectivity index (χ1) is 11.8. The van der Waals surface area contributed by atoms with Crippen LogP contribution in [0.2, 0.25) is 0 Å². The third-order valence-electron chi connectivity index (χ3n) is 3.93. The van der Waals surface area contributed by atoms with E-state index in [1.54, 1.807) is 12.1 Å². The maximum Gasteiger partial charge on any atom is 0.328 e. The van der Waals surface area contributed by atoms with Gasteiger partial charge in [-0.05, 0) is 48.7 Å². The lowest BCUT2D eigenvalue weighted by molar-refractivity contribution is -0.142. The molecule has 0 spiro atoms. The summed E-state index contributed by atoms with van der Waals surface area (Å²) >= 11 is 6.71. The lowest BCUT2D eigenvalue weighted by Gasteiger charge is -2.17. The van der Waals surface area contributed by atoms with Crippen LogP contribution in [-0.4, -0.2) is 25.0 Å². The molecule has 0 fully saturated rings. The first-order valence-corrected chi connectivity index (χ1v) is 9.29. The number of carbonyl (C=O) groups is 2. The van der Waals surface area contributed by atoms with Crippen molar-refractivity contribution in [3.05, 3.63) is 67.6 Å². The lowest BCUT2D eigenvalue weighted by atomic mass is 10.0. The number of benzene rings is 2. The number of hydrogen-bond acceptors (Lipinski definition) is 3. The predicted molar refractivity (Wildman–Crippen MR) is 105 cm³/mol. The molecule has 0 saturated heterocycles. The second-order valence-electron chi connectivity index (χ2n) is 5.83. The van der Waals surface area contributed by atoms with Gasteiger partial charge in [0.05, 0.1) is 7.11 Å². The minimum atomic E-state index is -0.752. The van der Waals surface area contributed by atoms with Crippen LogP contribution in [-0.2, 0) is 16.0 Å². The first-order valence-electron chi connectivity index (χ1n) is 7.71. The van der Waals surface area contributed by atoms with E-state index in [1.165, 1.54) is 12.7 Å². The number of ether oxygens (including phenoxy) is 1. The highest BCUT2D eigenvalue weighted by molar-refractivity contribution is 9.11. The van der Waals surface area contributed by atoms with Crippen molar-refractivity contribution in [3.63, 3.8) is 0 Å². The van der Waals surface area contributed by atoms with E-state index in [0.29, 0.717) is 12.0 Å². The van der Waals surface area contributed by atoms with Crippen molar-refractivity contribution in [3.8, 4) is 0 Å². The van der Waals surface area contributed by atoms with Crippen molar-refractivity contribution in [1.82, 2.24) is 5.32 Å². The van der Waals surface area contributed by atoms with Gasteiger partial charge in [0.25, 0.3) is 5.91 Å². The van der Waals surface area contributed by atoms with E-state index in [1.807, 2.05) is 38.1 Å². The molecule has 2 aromatic carbocycles. The number of esters is 1. The summed E-state index contributed by atoms with van der Waals surface area (Å²) in [5.41, 5.74) is 3.74. The molecule has 0 radical (unpaired) electrons. The summed E-state index contributed by atoms with van der Waals surface area (Å²) in [5, 5.41) is 2.77. The third-order valence-corrected chi connectivity index (χ3v) is 4.84. The van der Waals surface area contributed by atoms with E-state index >= 15 is 0 Å². The van der Waals surface area contributed by atoms with Gasteiger partial charge >= 0.3 is 5.97 Å². The minimum absolute atomic E-state index is 0.332. The van der Waals surface area contributed by atoms with Crippen molar-refractivity contribution in [2.45, 2.75) is 26.3 Å². The van der Waals surface area contributed by atoms with Gasteiger partial charge < -0.3 is 10.1 Å². The molecule has 132 valence electrons. The maximum absolute atomic E-state index is 12.5. The maximum atomic E-state index is 12.5. The summed E-state index contributed by atoms with van der Waals surface area (Å²) in [6, 6.07) is 10.5. The highest BCUT2D eigenvalue weighted by atomic mass is 79.9. The van der Waals surface area contributed by atoms with Crippen LogP contribution in [0.15, 0.2) is 45.3 Å². The highest BCUT2D eigenvalue weighted by Crippen LogP contribution is 2.20. The monoisotopic (exact) mass is 467 g/mol. The Balaban J connectivity index is 2.21. The quantitative estimate of drug-likeness (QED) is 0.664. The predicted octanol–water partition coefficient (Wildman–Crippen LogP) is 4.34. The Morgan fingerprint density at radius 1 is 1.04 bits per heavy atom. The van der Waals surface area contributed by atoms with Gasteiger partial charge in [-0.3, -0.25) is 4.79 Å². The number of nitrogens with one attached hydrogen (secondary N) is 1. The molecule has 4 nitrogen and oxygen atoms in total. The van der Waals surface area contributed by atoms with Gasteiger partial charge in [0, 0.05) is 20.9 Å². The van der Waals surface area contributed by atoms with Crippen LogP contribution in [0, 0.1) is 13.8 Å². The molecule has 0 aliphatic rings. The van der Waals surface area contributed by atoms with E-state index in [-0.39, 0.29) is 5.91 Å². The smallest absolute Gasteiger partial charge is 0.328 e. The van der Waals surface area contributed by atoms with Crippen LogP contribution in [0.4, 0.5) is 0 Å². The standard InChI is InChI=1S/C19H19Br2NO3/c1-11-4-5-13(6-12(11)2)7-17(19(24)25-3)22-18(23)14-8-15(20)10-16(21)9-14/h4-6,8-10,17H,7H2,1-3H3,(H,22,23)/t17-/m0/s1. The normalized spacial score (nSPS) is 11.7. The van der Waals surface area contributed by atoms with Crippen molar-refractivity contribution in [1.29, 1.82) is 0 Å². The van der Waals surface area contributed by atoms with Gasteiger partial charge in [0.15, 0.2) is 0 Å². The number of amides is 1. The first kappa shape index (κ1) is 19.7. The molecule has 0 saturated carbocycles. The van der Waals surface area contributed by atoms with Crippen LogP contribution in [0.25, 0.3) is 0 Å². The Morgan fingerprint density at radius 3 is 2.24 bits per heavy atom. The number of rotatable bonds is 5. The van der Waals surface area contributed by atoms with Gasteiger partial charge in [-0.15, -0.1) is 0 Å². The van der Waals surface area contributed by atoms with Gasteiger partial charge in [-0.1, -0.05) is 50.1 Å². The molecule has 1 N–H and O–H groups in total. The topological polar surface area (TPSA) is 55.4 Å². The average molecular weight is 469 g/mol. The molecule has 0 aliphatic carbocycles. The molecule has 1 amide bonds. The zero-order chi connectivity index (χ0) is 18.6. The fourth-order valence-electron chi connectivity index (χ4n) is 2.43. The Morgan fingerprint density at radius 2 is 1.68 bits per heavy atom. The molecule has 0 heterocycles. The number of halogens is 2. The molecular weight excluding hydrogens is 450 g/mol.